The van der Waals surface area contributed by atoms with Crippen LogP contribution >= 0.6 is 0 Å². The van der Waals surface area contributed by atoms with Crippen LogP contribution in [0.2, 0.25) is 0 Å². The highest BCUT2D eigenvalue weighted by Crippen LogP contribution is 2.17. The van der Waals surface area contributed by atoms with Crippen LogP contribution in [0.15, 0.2) is 24.3 Å². The predicted octanol–water partition coefficient (Wildman–Crippen LogP) is 2.89. The van der Waals surface area contributed by atoms with Crippen LogP contribution in [0.5, 0.6) is 0 Å². The molecule has 1 unspecified atom stereocenters. The summed E-state index contributed by atoms with van der Waals surface area (Å²) in [7, 11) is 0. The molecule has 1 aromatic carbocycles. The molecule has 3 N–H and O–H groups in total. The fourth-order valence-electron chi connectivity index (χ4n) is 1.76. The Morgan fingerprint density at radius 2 is 2.00 bits per heavy atom. The van der Waals surface area contributed by atoms with Gasteiger partial charge in [-0.05, 0) is 30.4 Å². The van der Waals surface area contributed by atoms with Crippen LogP contribution in [0, 0.1) is 0 Å². The smallest absolute Gasteiger partial charge is 0.303 e. The second-order valence-corrected chi connectivity index (χ2v) is 4.38. The molecule has 0 bridgehead atoms. The number of benzene rings is 1. The van der Waals surface area contributed by atoms with Crippen molar-refractivity contribution in [2.24, 2.45) is 5.73 Å². The minimum atomic E-state index is -0.792. The van der Waals surface area contributed by atoms with Crippen molar-refractivity contribution in [2.75, 3.05) is 0 Å². The number of carbonyl (C=O) groups is 1. The Balaban J connectivity index is 2.51. The molecule has 0 spiro atoms. The summed E-state index contributed by atoms with van der Waals surface area (Å²) in [6, 6.07) is 8.03. The van der Waals surface area contributed by atoms with Crippen molar-refractivity contribution in [3.8, 4) is 0 Å². The molecule has 1 atom stereocenters. The van der Waals surface area contributed by atoms with Gasteiger partial charge >= 0.3 is 5.97 Å². The highest BCUT2D eigenvalue weighted by molar-refractivity contribution is 5.66. The van der Waals surface area contributed by atoms with Crippen LogP contribution < -0.4 is 5.73 Å². The Kier molecular flexibility index (Phi) is 5.70. The molecule has 17 heavy (non-hydrogen) atoms. The quantitative estimate of drug-likeness (QED) is 0.763. The molecule has 0 fully saturated rings. The van der Waals surface area contributed by atoms with Crippen LogP contribution in [0.3, 0.4) is 0 Å². The van der Waals surface area contributed by atoms with Crippen LogP contribution in [0.1, 0.15) is 49.8 Å². The first-order valence-corrected chi connectivity index (χ1v) is 6.19. The SMILES string of the molecule is CCCCc1ccc(C(N)CCC(=O)O)cc1. The molecule has 0 aliphatic carbocycles. The van der Waals surface area contributed by atoms with E-state index in [1.54, 1.807) is 0 Å². The molecule has 94 valence electrons. The Morgan fingerprint density at radius 3 is 2.53 bits per heavy atom. The van der Waals surface area contributed by atoms with Gasteiger partial charge in [0.25, 0.3) is 0 Å². The van der Waals surface area contributed by atoms with E-state index in [2.05, 4.69) is 19.1 Å². The average molecular weight is 235 g/mol. The number of carboxylic acids is 1. The largest absolute Gasteiger partial charge is 0.481 e. The van der Waals surface area contributed by atoms with Crippen molar-refractivity contribution in [2.45, 2.75) is 45.1 Å². The summed E-state index contributed by atoms with van der Waals surface area (Å²) in [5, 5.41) is 8.59. The van der Waals surface area contributed by atoms with E-state index in [1.165, 1.54) is 18.4 Å². The molecule has 0 saturated carbocycles. The monoisotopic (exact) mass is 235 g/mol. The molecule has 3 nitrogen and oxygen atoms in total. The van der Waals surface area contributed by atoms with Gasteiger partial charge < -0.3 is 10.8 Å². The topological polar surface area (TPSA) is 63.3 Å². The summed E-state index contributed by atoms with van der Waals surface area (Å²) < 4.78 is 0. The summed E-state index contributed by atoms with van der Waals surface area (Å²) in [6.45, 7) is 2.18. The predicted molar refractivity (Wildman–Crippen MR) is 68.9 cm³/mol. The van der Waals surface area contributed by atoms with Gasteiger partial charge in [0.1, 0.15) is 0 Å². The summed E-state index contributed by atoms with van der Waals surface area (Å²) in [6.07, 6.45) is 4.10. The number of carboxylic acid groups (broad SMARTS) is 1. The summed E-state index contributed by atoms with van der Waals surface area (Å²) in [4.78, 5) is 10.5. The first-order chi connectivity index (χ1) is 8.13. The fourth-order valence-corrected chi connectivity index (χ4v) is 1.76. The van der Waals surface area contributed by atoms with Crippen LogP contribution in [0.25, 0.3) is 0 Å². The van der Waals surface area contributed by atoms with Crippen molar-refractivity contribution in [1.29, 1.82) is 0 Å². The Labute approximate surface area is 103 Å². The zero-order valence-electron chi connectivity index (χ0n) is 10.4. The van der Waals surface area contributed by atoms with Gasteiger partial charge in [-0.25, -0.2) is 0 Å². The van der Waals surface area contributed by atoms with Crippen LogP contribution in [0.4, 0.5) is 0 Å². The molecule has 0 aliphatic heterocycles. The lowest BCUT2D eigenvalue weighted by molar-refractivity contribution is -0.137. The first-order valence-electron chi connectivity index (χ1n) is 6.19. The van der Waals surface area contributed by atoms with Gasteiger partial charge in [-0.1, -0.05) is 37.6 Å². The van der Waals surface area contributed by atoms with E-state index >= 15 is 0 Å². The third kappa shape index (κ3) is 5.00. The summed E-state index contributed by atoms with van der Waals surface area (Å²) in [5.41, 5.74) is 8.27. The standard InChI is InChI=1S/C14H21NO2/c1-2-3-4-11-5-7-12(8-6-11)13(15)9-10-14(16)17/h5-8,13H,2-4,9-10,15H2,1H3,(H,16,17). The van der Waals surface area contributed by atoms with Crippen molar-refractivity contribution in [3.05, 3.63) is 35.4 Å². The number of rotatable bonds is 7. The maximum atomic E-state index is 10.5. The van der Waals surface area contributed by atoms with Gasteiger partial charge in [-0.3, -0.25) is 4.79 Å². The lowest BCUT2D eigenvalue weighted by Crippen LogP contribution is -2.12. The van der Waals surface area contributed by atoms with Crippen molar-refractivity contribution < 1.29 is 9.90 Å². The second kappa shape index (κ2) is 7.07. The second-order valence-electron chi connectivity index (χ2n) is 4.38. The Morgan fingerprint density at radius 1 is 1.35 bits per heavy atom. The number of aliphatic carboxylic acids is 1. The van der Waals surface area contributed by atoms with E-state index in [1.807, 2.05) is 12.1 Å². The average Bonchev–Trinajstić information content (AvgIpc) is 2.34. The number of hydrogen-bond donors (Lipinski definition) is 2. The van der Waals surface area contributed by atoms with E-state index in [0.717, 1.165) is 12.0 Å². The van der Waals surface area contributed by atoms with Gasteiger partial charge in [0.15, 0.2) is 0 Å². The molecule has 0 aromatic heterocycles. The van der Waals surface area contributed by atoms with Crippen LogP contribution in [-0.2, 0) is 11.2 Å². The molecular formula is C14H21NO2. The third-order valence-electron chi connectivity index (χ3n) is 2.90. The number of aryl methyl sites for hydroxylation is 1. The van der Waals surface area contributed by atoms with E-state index < -0.39 is 5.97 Å². The molecule has 1 aromatic rings. The summed E-state index contributed by atoms with van der Waals surface area (Å²) >= 11 is 0. The molecule has 1 rings (SSSR count). The van der Waals surface area contributed by atoms with Crippen molar-refractivity contribution >= 4 is 5.97 Å². The minimum absolute atomic E-state index is 0.124. The lowest BCUT2D eigenvalue weighted by atomic mass is 10.00. The lowest BCUT2D eigenvalue weighted by Gasteiger charge is -2.11. The van der Waals surface area contributed by atoms with E-state index in [-0.39, 0.29) is 12.5 Å². The normalized spacial score (nSPS) is 12.4. The van der Waals surface area contributed by atoms with Crippen LogP contribution in [-0.4, -0.2) is 11.1 Å². The molecule has 0 aliphatic rings. The van der Waals surface area contributed by atoms with Gasteiger partial charge in [0, 0.05) is 12.5 Å². The third-order valence-corrected chi connectivity index (χ3v) is 2.90. The number of nitrogens with two attached hydrogens (primary N) is 1. The van der Waals surface area contributed by atoms with Gasteiger partial charge in [0.05, 0.1) is 0 Å². The molecule has 0 heterocycles. The first kappa shape index (κ1) is 13.7. The zero-order chi connectivity index (χ0) is 12.7. The molecule has 0 saturated heterocycles. The highest BCUT2D eigenvalue weighted by atomic mass is 16.4. The Hall–Kier alpha value is -1.35. The Bertz CT molecular complexity index is 346. The zero-order valence-corrected chi connectivity index (χ0v) is 10.4. The maximum Gasteiger partial charge on any atom is 0.303 e. The van der Waals surface area contributed by atoms with Crippen molar-refractivity contribution in [1.82, 2.24) is 0 Å². The minimum Gasteiger partial charge on any atom is -0.481 e. The molecular weight excluding hydrogens is 214 g/mol. The van der Waals surface area contributed by atoms with E-state index in [9.17, 15) is 4.79 Å². The van der Waals surface area contributed by atoms with Gasteiger partial charge in [-0.2, -0.15) is 0 Å². The molecule has 3 heteroatoms. The maximum absolute atomic E-state index is 10.5. The fraction of sp³-hybridized carbons (Fsp3) is 0.500. The molecule has 0 radical (unpaired) electrons. The van der Waals surface area contributed by atoms with Gasteiger partial charge in [-0.15, -0.1) is 0 Å². The van der Waals surface area contributed by atoms with E-state index in [4.69, 9.17) is 10.8 Å². The van der Waals surface area contributed by atoms with E-state index in [0.29, 0.717) is 6.42 Å². The number of unbranched alkanes of at least 4 members (excludes halogenated alkanes) is 1. The summed E-state index contributed by atoms with van der Waals surface area (Å²) in [5.74, 6) is -0.792. The highest BCUT2D eigenvalue weighted by Gasteiger charge is 2.08. The van der Waals surface area contributed by atoms with Crippen molar-refractivity contribution in [3.63, 3.8) is 0 Å². The molecule has 0 amide bonds. The number of hydrogen-bond acceptors (Lipinski definition) is 2. The van der Waals surface area contributed by atoms with Gasteiger partial charge in [0.2, 0.25) is 0 Å².